The average molecular weight is 211 g/mol. The number of halogens is 1. The number of hydrogen-bond donors (Lipinski definition) is 0. The van der Waals surface area contributed by atoms with Crippen LogP contribution in [0, 0.1) is 0 Å². The minimum absolute atomic E-state index is 0.506. The van der Waals surface area contributed by atoms with Crippen molar-refractivity contribution in [2.45, 2.75) is 31.9 Å². The van der Waals surface area contributed by atoms with Crippen LogP contribution in [0.3, 0.4) is 0 Å². The fraction of sp³-hybridized carbons (Fsp3) is 1.00. The topological polar surface area (TPSA) is 18.5 Å². The van der Waals surface area contributed by atoms with Gasteiger partial charge in [0.15, 0.2) is 0 Å². The maximum atomic E-state index is 5.62. The molecule has 2 nitrogen and oxygen atoms in total. The molecule has 0 saturated heterocycles. The molecule has 1 atom stereocenters. The minimum atomic E-state index is -1.90. The van der Waals surface area contributed by atoms with E-state index in [-0.39, 0.29) is 0 Å². The fourth-order valence-electron chi connectivity index (χ4n) is 1.13. The number of alkyl halides is 1. The Labute approximate surface area is 81.5 Å². The highest BCUT2D eigenvalue weighted by Gasteiger charge is 2.35. The van der Waals surface area contributed by atoms with Crippen LogP contribution in [0.1, 0.15) is 19.8 Å². The molecule has 0 spiro atoms. The molecule has 0 fully saturated rings. The van der Waals surface area contributed by atoms with E-state index in [1.54, 1.807) is 14.2 Å². The fourth-order valence-corrected chi connectivity index (χ4v) is 2.99. The van der Waals surface area contributed by atoms with Gasteiger partial charge in [-0.15, -0.1) is 11.6 Å². The predicted octanol–water partition coefficient (Wildman–Crippen LogP) is 2.76. The van der Waals surface area contributed by atoms with E-state index in [4.69, 9.17) is 20.5 Å². The van der Waals surface area contributed by atoms with E-state index in [2.05, 4.69) is 13.5 Å². The van der Waals surface area contributed by atoms with Crippen LogP contribution in [-0.2, 0) is 8.85 Å². The molecule has 0 aliphatic carbocycles. The van der Waals surface area contributed by atoms with Gasteiger partial charge in [0.1, 0.15) is 0 Å². The van der Waals surface area contributed by atoms with Gasteiger partial charge in [0, 0.05) is 20.1 Å². The van der Waals surface area contributed by atoms with Crippen LogP contribution in [0.5, 0.6) is 0 Å². The summed E-state index contributed by atoms with van der Waals surface area (Å²) in [5.41, 5.74) is 0.506. The van der Waals surface area contributed by atoms with Crippen molar-refractivity contribution in [2.75, 3.05) is 20.1 Å². The van der Waals surface area contributed by atoms with Crippen molar-refractivity contribution in [1.29, 1.82) is 0 Å². The monoisotopic (exact) mass is 210 g/mol. The van der Waals surface area contributed by atoms with E-state index in [1.165, 1.54) is 0 Å². The van der Waals surface area contributed by atoms with Gasteiger partial charge in [-0.25, -0.2) is 0 Å². The Kier molecular flexibility index (Phi) is 6.18. The van der Waals surface area contributed by atoms with Crippen LogP contribution in [0.25, 0.3) is 0 Å². The maximum absolute atomic E-state index is 5.62. The van der Waals surface area contributed by atoms with E-state index in [9.17, 15) is 0 Å². The summed E-state index contributed by atoms with van der Waals surface area (Å²) in [4.78, 5) is 0. The summed E-state index contributed by atoms with van der Waals surface area (Å²) in [6.07, 6.45) is 2.13. The Bertz CT molecular complexity index is 118. The lowest BCUT2D eigenvalue weighted by atomic mass is 10.3. The first kappa shape index (κ1) is 12.4. The van der Waals surface area contributed by atoms with Crippen LogP contribution in [-0.4, -0.2) is 28.7 Å². The lowest BCUT2D eigenvalue weighted by Crippen LogP contribution is -2.40. The van der Waals surface area contributed by atoms with Gasteiger partial charge >= 0.3 is 8.56 Å². The molecule has 4 heteroatoms. The zero-order valence-corrected chi connectivity index (χ0v) is 10.1. The molecule has 0 N–H and O–H groups in total. The first-order chi connectivity index (χ1) is 5.60. The van der Waals surface area contributed by atoms with Crippen molar-refractivity contribution in [1.82, 2.24) is 0 Å². The summed E-state index contributed by atoms with van der Waals surface area (Å²) in [5.74, 6) is 0.724. The summed E-state index contributed by atoms with van der Waals surface area (Å²) in [7, 11) is 1.56. The third kappa shape index (κ3) is 3.43. The molecule has 0 bridgehead atoms. The standard InChI is InChI=1S/C8H19ClO2Si/c1-8(6-5-7-9)12(4,10-2)11-3/h8H,5-7H2,1-4H3. The van der Waals surface area contributed by atoms with E-state index < -0.39 is 8.56 Å². The summed E-state index contributed by atoms with van der Waals surface area (Å²) in [6, 6.07) is 0. The SMILES string of the molecule is CO[Si](C)(OC)C(C)CCCCl. The van der Waals surface area contributed by atoms with Gasteiger partial charge in [-0.05, 0) is 24.9 Å². The largest absolute Gasteiger partial charge is 0.398 e. The van der Waals surface area contributed by atoms with Gasteiger partial charge in [0.2, 0.25) is 0 Å². The maximum Gasteiger partial charge on any atom is 0.337 e. The third-order valence-electron chi connectivity index (χ3n) is 2.48. The first-order valence-corrected chi connectivity index (χ1v) is 7.19. The Morgan fingerprint density at radius 3 is 2.17 bits per heavy atom. The van der Waals surface area contributed by atoms with Crippen molar-refractivity contribution in [3.05, 3.63) is 0 Å². The van der Waals surface area contributed by atoms with Crippen LogP contribution >= 0.6 is 11.6 Å². The molecule has 0 heterocycles. The Morgan fingerprint density at radius 1 is 1.33 bits per heavy atom. The molecule has 1 unspecified atom stereocenters. The van der Waals surface area contributed by atoms with Crippen molar-refractivity contribution >= 4 is 20.2 Å². The van der Waals surface area contributed by atoms with E-state index in [0.29, 0.717) is 5.54 Å². The van der Waals surface area contributed by atoms with Crippen LogP contribution in [0.4, 0.5) is 0 Å². The van der Waals surface area contributed by atoms with Crippen LogP contribution < -0.4 is 0 Å². The van der Waals surface area contributed by atoms with Gasteiger partial charge in [0.25, 0.3) is 0 Å². The quantitative estimate of drug-likeness (QED) is 0.496. The van der Waals surface area contributed by atoms with E-state index in [0.717, 1.165) is 18.7 Å². The molecule has 0 aromatic heterocycles. The molecule has 0 aromatic rings. The summed E-state index contributed by atoms with van der Waals surface area (Å²) in [5, 5.41) is 0. The molecule has 12 heavy (non-hydrogen) atoms. The highest BCUT2D eigenvalue weighted by Crippen LogP contribution is 2.27. The number of hydrogen-bond acceptors (Lipinski definition) is 2. The molecule has 0 aliphatic heterocycles. The Balaban J connectivity index is 3.93. The Hall–Kier alpha value is 0.427. The van der Waals surface area contributed by atoms with Gasteiger partial charge in [-0.2, -0.15) is 0 Å². The molecule has 0 rings (SSSR count). The molecular weight excluding hydrogens is 192 g/mol. The second kappa shape index (κ2) is 5.97. The van der Waals surface area contributed by atoms with E-state index >= 15 is 0 Å². The molecule has 0 aromatic carbocycles. The highest BCUT2D eigenvalue weighted by molar-refractivity contribution is 6.67. The van der Waals surface area contributed by atoms with Gasteiger partial charge in [-0.1, -0.05) is 6.92 Å². The summed E-state index contributed by atoms with van der Waals surface area (Å²) < 4.78 is 10.8. The predicted molar refractivity (Wildman–Crippen MR) is 55.0 cm³/mol. The van der Waals surface area contributed by atoms with Crippen molar-refractivity contribution in [2.24, 2.45) is 0 Å². The summed E-state index contributed by atoms with van der Waals surface area (Å²) >= 11 is 5.62. The highest BCUT2D eigenvalue weighted by atomic mass is 35.5. The van der Waals surface area contributed by atoms with Crippen LogP contribution in [0.2, 0.25) is 12.1 Å². The van der Waals surface area contributed by atoms with Gasteiger partial charge in [0.05, 0.1) is 0 Å². The first-order valence-electron chi connectivity index (χ1n) is 4.27. The molecule has 0 amide bonds. The Morgan fingerprint density at radius 2 is 1.83 bits per heavy atom. The van der Waals surface area contributed by atoms with Crippen molar-refractivity contribution < 1.29 is 8.85 Å². The second-order valence-corrected chi connectivity index (χ2v) is 7.37. The second-order valence-electron chi connectivity index (χ2n) is 3.16. The van der Waals surface area contributed by atoms with Gasteiger partial charge < -0.3 is 8.85 Å². The molecule has 74 valence electrons. The van der Waals surface area contributed by atoms with Crippen molar-refractivity contribution in [3.63, 3.8) is 0 Å². The van der Waals surface area contributed by atoms with Crippen LogP contribution in [0.15, 0.2) is 0 Å². The molecule has 0 aliphatic rings. The van der Waals surface area contributed by atoms with Gasteiger partial charge in [-0.3, -0.25) is 0 Å². The average Bonchev–Trinajstić information content (AvgIpc) is 2.12. The zero-order chi connectivity index (χ0) is 9.61. The minimum Gasteiger partial charge on any atom is -0.398 e. The lowest BCUT2D eigenvalue weighted by molar-refractivity contribution is 0.236. The van der Waals surface area contributed by atoms with Crippen molar-refractivity contribution in [3.8, 4) is 0 Å². The molecular formula is C8H19ClO2Si. The number of rotatable bonds is 6. The lowest BCUT2D eigenvalue weighted by Gasteiger charge is -2.29. The smallest absolute Gasteiger partial charge is 0.337 e. The summed E-state index contributed by atoms with van der Waals surface area (Å²) in [6.45, 7) is 4.26. The van der Waals surface area contributed by atoms with E-state index in [1.807, 2.05) is 0 Å². The normalized spacial score (nSPS) is 14.8. The molecule has 0 saturated carbocycles. The zero-order valence-electron chi connectivity index (χ0n) is 8.39. The molecule has 0 radical (unpaired) electrons. The third-order valence-corrected chi connectivity index (χ3v) is 6.44.